The predicted octanol–water partition coefficient (Wildman–Crippen LogP) is 2.90. The summed E-state index contributed by atoms with van der Waals surface area (Å²) in [7, 11) is 2.11. The van der Waals surface area contributed by atoms with E-state index in [1.54, 1.807) is 0 Å². The van der Waals surface area contributed by atoms with Crippen molar-refractivity contribution in [2.45, 2.75) is 13.0 Å². The van der Waals surface area contributed by atoms with Crippen molar-refractivity contribution in [3.05, 3.63) is 54.5 Å². The SMILES string of the molecule is Cn1c(CN2CC[C@H](CNc3ccccn3)C2)nc2ccccc21. The van der Waals surface area contributed by atoms with Crippen LogP contribution in [-0.4, -0.2) is 39.1 Å². The molecule has 0 aliphatic carbocycles. The molecule has 0 radical (unpaired) electrons. The Hall–Kier alpha value is -2.40. The van der Waals surface area contributed by atoms with Gasteiger partial charge in [0, 0.05) is 26.3 Å². The molecule has 5 heteroatoms. The van der Waals surface area contributed by atoms with Crippen molar-refractivity contribution in [3.8, 4) is 0 Å². The number of rotatable bonds is 5. The molecular weight excluding hydrogens is 298 g/mol. The molecule has 1 N–H and O–H groups in total. The Morgan fingerprint density at radius 3 is 2.88 bits per heavy atom. The molecule has 1 fully saturated rings. The van der Waals surface area contributed by atoms with Crippen LogP contribution >= 0.6 is 0 Å². The van der Waals surface area contributed by atoms with Gasteiger partial charge < -0.3 is 9.88 Å². The lowest BCUT2D eigenvalue weighted by molar-refractivity contribution is 0.308. The first-order valence-corrected chi connectivity index (χ1v) is 8.57. The van der Waals surface area contributed by atoms with E-state index in [1.807, 2.05) is 30.5 Å². The van der Waals surface area contributed by atoms with Gasteiger partial charge in [0.15, 0.2) is 0 Å². The lowest BCUT2D eigenvalue weighted by Crippen LogP contribution is -2.24. The Morgan fingerprint density at radius 1 is 1.17 bits per heavy atom. The van der Waals surface area contributed by atoms with Gasteiger partial charge in [-0.1, -0.05) is 18.2 Å². The Labute approximate surface area is 142 Å². The number of imidazole rings is 1. The van der Waals surface area contributed by atoms with Crippen LogP contribution in [0.1, 0.15) is 12.2 Å². The van der Waals surface area contributed by atoms with Crippen LogP contribution < -0.4 is 5.32 Å². The van der Waals surface area contributed by atoms with Crippen molar-refractivity contribution in [3.63, 3.8) is 0 Å². The number of pyridine rings is 1. The van der Waals surface area contributed by atoms with Gasteiger partial charge in [-0.2, -0.15) is 0 Å². The quantitative estimate of drug-likeness (QED) is 0.785. The van der Waals surface area contributed by atoms with Gasteiger partial charge in [0.1, 0.15) is 11.6 Å². The van der Waals surface area contributed by atoms with Crippen molar-refractivity contribution < 1.29 is 0 Å². The predicted molar refractivity (Wildman–Crippen MR) is 96.8 cm³/mol. The standard InChI is InChI=1S/C19H23N5/c1-23-17-7-3-2-6-16(17)22-19(23)14-24-11-9-15(13-24)12-21-18-8-4-5-10-20-18/h2-8,10,15H,9,11-14H2,1H3,(H,20,21)/t15-/m1/s1. The van der Waals surface area contributed by atoms with E-state index in [1.165, 1.54) is 11.9 Å². The van der Waals surface area contributed by atoms with Crippen LogP contribution in [0.3, 0.4) is 0 Å². The number of fused-ring (bicyclic) bond motifs is 1. The maximum atomic E-state index is 4.79. The Kier molecular flexibility index (Phi) is 4.17. The van der Waals surface area contributed by atoms with Crippen molar-refractivity contribution >= 4 is 16.9 Å². The summed E-state index contributed by atoms with van der Waals surface area (Å²) in [6.07, 6.45) is 3.05. The number of aryl methyl sites for hydroxylation is 1. The highest BCUT2D eigenvalue weighted by atomic mass is 15.2. The molecule has 0 amide bonds. The summed E-state index contributed by atoms with van der Waals surface area (Å²) >= 11 is 0. The van der Waals surface area contributed by atoms with Crippen LogP contribution in [0.5, 0.6) is 0 Å². The van der Waals surface area contributed by atoms with Gasteiger partial charge in [0.25, 0.3) is 0 Å². The van der Waals surface area contributed by atoms with Crippen molar-refractivity contribution in [2.24, 2.45) is 13.0 Å². The maximum Gasteiger partial charge on any atom is 0.125 e. The first-order valence-electron chi connectivity index (χ1n) is 8.57. The number of hydrogen-bond donors (Lipinski definition) is 1. The molecule has 1 aromatic carbocycles. The minimum atomic E-state index is 0.668. The van der Waals surface area contributed by atoms with E-state index in [9.17, 15) is 0 Å². The highest BCUT2D eigenvalue weighted by Crippen LogP contribution is 2.21. The second-order valence-corrected chi connectivity index (χ2v) is 6.56. The van der Waals surface area contributed by atoms with Crippen LogP contribution in [0.15, 0.2) is 48.7 Å². The van der Waals surface area contributed by atoms with Gasteiger partial charge in [-0.15, -0.1) is 0 Å². The number of benzene rings is 1. The Morgan fingerprint density at radius 2 is 2.04 bits per heavy atom. The van der Waals surface area contributed by atoms with Gasteiger partial charge in [-0.25, -0.2) is 9.97 Å². The molecule has 3 heterocycles. The number of nitrogens with one attached hydrogen (secondary N) is 1. The zero-order valence-corrected chi connectivity index (χ0v) is 14.0. The van der Waals surface area contributed by atoms with Gasteiger partial charge in [-0.3, -0.25) is 4.90 Å². The van der Waals surface area contributed by atoms with E-state index < -0.39 is 0 Å². The van der Waals surface area contributed by atoms with Gasteiger partial charge >= 0.3 is 0 Å². The zero-order valence-electron chi connectivity index (χ0n) is 14.0. The van der Waals surface area contributed by atoms with E-state index in [0.717, 1.165) is 43.3 Å². The zero-order chi connectivity index (χ0) is 16.4. The Balaban J connectivity index is 1.35. The van der Waals surface area contributed by atoms with E-state index in [-0.39, 0.29) is 0 Å². The lowest BCUT2D eigenvalue weighted by Gasteiger charge is -2.16. The minimum absolute atomic E-state index is 0.668. The Bertz CT molecular complexity index is 811. The van der Waals surface area contributed by atoms with E-state index in [0.29, 0.717) is 5.92 Å². The third-order valence-corrected chi connectivity index (χ3v) is 4.85. The van der Waals surface area contributed by atoms with E-state index >= 15 is 0 Å². The monoisotopic (exact) mass is 321 g/mol. The molecule has 1 aliphatic heterocycles. The number of anilines is 1. The van der Waals surface area contributed by atoms with Gasteiger partial charge in [0.2, 0.25) is 0 Å². The van der Waals surface area contributed by atoms with Crippen LogP contribution in [0.4, 0.5) is 5.82 Å². The molecule has 4 rings (SSSR count). The molecule has 124 valence electrons. The fraction of sp³-hybridized carbons (Fsp3) is 0.368. The number of para-hydroxylation sites is 2. The molecule has 0 unspecified atom stereocenters. The fourth-order valence-electron chi connectivity index (χ4n) is 3.48. The molecular formula is C19H23N5. The first-order chi connectivity index (χ1) is 11.8. The highest BCUT2D eigenvalue weighted by Gasteiger charge is 2.23. The van der Waals surface area contributed by atoms with Crippen molar-refractivity contribution in [2.75, 3.05) is 25.0 Å². The fourth-order valence-corrected chi connectivity index (χ4v) is 3.48. The number of likely N-dealkylation sites (tertiary alicyclic amines) is 1. The smallest absolute Gasteiger partial charge is 0.125 e. The molecule has 5 nitrogen and oxygen atoms in total. The lowest BCUT2D eigenvalue weighted by atomic mass is 10.1. The van der Waals surface area contributed by atoms with Crippen LogP contribution in [0.25, 0.3) is 11.0 Å². The second kappa shape index (κ2) is 6.61. The first kappa shape index (κ1) is 15.1. The minimum Gasteiger partial charge on any atom is -0.370 e. The van der Waals surface area contributed by atoms with E-state index in [2.05, 4.69) is 45.0 Å². The molecule has 0 bridgehead atoms. The average molecular weight is 321 g/mol. The third-order valence-electron chi connectivity index (χ3n) is 4.85. The maximum absolute atomic E-state index is 4.79. The molecule has 1 saturated heterocycles. The van der Waals surface area contributed by atoms with Crippen LogP contribution in [0.2, 0.25) is 0 Å². The summed E-state index contributed by atoms with van der Waals surface area (Å²) in [6, 6.07) is 14.3. The van der Waals surface area contributed by atoms with Crippen molar-refractivity contribution in [1.82, 2.24) is 19.4 Å². The van der Waals surface area contributed by atoms with Crippen LogP contribution in [-0.2, 0) is 13.6 Å². The molecule has 3 aromatic rings. The van der Waals surface area contributed by atoms with Crippen LogP contribution in [0, 0.1) is 5.92 Å². The summed E-state index contributed by atoms with van der Waals surface area (Å²) in [5, 5.41) is 3.45. The third kappa shape index (κ3) is 3.12. The summed E-state index contributed by atoms with van der Waals surface area (Å²) < 4.78 is 2.22. The molecule has 24 heavy (non-hydrogen) atoms. The normalized spacial score (nSPS) is 18.3. The summed E-state index contributed by atoms with van der Waals surface area (Å²) in [5.41, 5.74) is 2.29. The topological polar surface area (TPSA) is 46.0 Å². The molecule has 1 atom stereocenters. The molecule has 2 aromatic heterocycles. The van der Waals surface area contributed by atoms with E-state index in [4.69, 9.17) is 4.98 Å². The number of aromatic nitrogens is 3. The number of nitrogens with zero attached hydrogens (tertiary/aromatic N) is 4. The number of hydrogen-bond acceptors (Lipinski definition) is 4. The second-order valence-electron chi connectivity index (χ2n) is 6.56. The van der Waals surface area contributed by atoms with Gasteiger partial charge in [0.05, 0.1) is 17.6 Å². The average Bonchev–Trinajstić information content (AvgIpc) is 3.20. The molecule has 0 spiro atoms. The summed E-state index contributed by atoms with van der Waals surface area (Å²) in [4.78, 5) is 11.6. The van der Waals surface area contributed by atoms with Gasteiger partial charge in [-0.05, 0) is 43.1 Å². The molecule has 0 saturated carbocycles. The largest absolute Gasteiger partial charge is 0.370 e. The van der Waals surface area contributed by atoms with Crippen molar-refractivity contribution in [1.29, 1.82) is 0 Å². The summed E-state index contributed by atoms with van der Waals surface area (Å²) in [6.45, 7) is 4.15. The highest BCUT2D eigenvalue weighted by molar-refractivity contribution is 5.75. The summed E-state index contributed by atoms with van der Waals surface area (Å²) in [5.74, 6) is 2.78. The molecule has 1 aliphatic rings.